The standard InChI is InChI=1S/C23H36N4O.HI/c1-19-7-11-26(12-8-19)16-21-5-3-20(4-6-21)15-25-22(24-2)27-13-9-23(17-27)10-14-28-18-23;/h3-6,19H,7-18H2,1-2H3,(H,24,25);1H. The molecule has 1 aromatic carbocycles. The van der Waals surface area contributed by atoms with E-state index in [1.165, 1.54) is 49.9 Å². The van der Waals surface area contributed by atoms with Gasteiger partial charge in [-0.2, -0.15) is 0 Å². The molecular weight excluding hydrogens is 475 g/mol. The minimum atomic E-state index is 0. The number of ether oxygens (including phenoxy) is 1. The minimum Gasteiger partial charge on any atom is -0.381 e. The molecule has 29 heavy (non-hydrogen) atoms. The zero-order valence-electron chi connectivity index (χ0n) is 18.0. The molecule has 4 rings (SSSR count). The van der Waals surface area contributed by atoms with Crippen LogP contribution in [-0.4, -0.2) is 62.2 Å². The number of nitrogens with one attached hydrogen (secondary N) is 1. The third-order valence-corrected chi connectivity index (χ3v) is 6.89. The molecule has 0 amide bonds. The van der Waals surface area contributed by atoms with Gasteiger partial charge in [-0.3, -0.25) is 9.89 Å². The summed E-state index contributed by atoms with van der Waals surface area (Å²) >= 11 is 0. The van der Waals surface area contributed by atoms with E-state index in [1.807, 2.05) is 7.05 Å². The van der Waals surface area contributed by atoms with E-state index in [1.54, 1.807) is 0 Å². The Kier molecular flexibility index (Phi) is 8.22. The van der Waals surface area contributed by atoms with Crippen molar-refractivity contribution in [2.24, 2.45) is 16.3 Å². The number of benzene rings is 1. The Morgan fingerprint density at radius 1 is 1.14 bits per heavy atom. The van der Waals surface area contributed by atoms with Gasteiger partial charge in [0.05, 0.1) is 6.61 Å². The summed E-state index contributed by atoms with van der Waals surface area (Å²) in [5.41, 5.74) is 3.10. The highest BCUT2D eigenvalue weighted by Crippen LogP contribution is 2.38. The fraction of sp³-hybridized carbons (Fsp3) is 0.696. The highest BCUT2D eigenvalue weighted by Gasteiger charge is 2.42. The summed E-state index contributed by atoms with van der Waals surface area (Å²) in [5.74, 6) is 1.92. The number of nitrogens with zero attached hydrogens (tertiary/aromatic N) is 3. The van der Waals surface area contributed by atoms with Gasteiger partial charge >= 0.3 is 0 Å². The van der Waals surface area contributed by atoms with Crippen molar-refractivity contribution < 1.29 is 4.74 Å². The normalized spacial score (nSPS) is 26.1. The number of halogens is 1. The summed E-state index contributed by atoms with van der Waals surface area (Å²) in [7, 11) is 1.89. The molecule has 0 radical (unpaired) electrons. The topological polar surface area (TPSA) is 40.1 Å². The summed E-state index contributed by atoms with van der Waals surface area (Å²) in [6.07, 6.45) is 5.09. The Balaban J connectivity index is 0.00000240. The van der Waals surface area contributed by atoms with E-state index in [2.05, 4.69) is 51.3 Å². The minimum absolute atomic E-state index is 0. The van der Waals surface area contributed by atoms with E-state index in [4.69, 9.17) is 4.74 Å². The van der Waals surface area contributed by atoms with E-state index >= 15 is 0 Å². The van der Waals surface area contributed by atoms with Gasteiger partial charge in [0, 0.05) is 45.2 Å². The SMILES string of the molecule is CN=C(NCc1ccc(CN2CCC(C)CC2)cc1)N1CCC2(CCOC2)C1.I. The highest BCUT2D eigenvalue weighted by molar-refractivity contribution is 14.0. The average molecular weight is 512 g/mol. The van der Waals surface area contributed by atoms with Gasteiger partial charge in [0.25, 0.3) is 0 Å². The van der Waals surface area contributed by atoms with E-state index in [9.17, 15) is 0 Å². The van der Waals surface area contributed by atoms with Crippen LogP contribution in [0.25, 0.3) is 0 Å². The molecule has 5 nitrogen and oxygen atoms in total. The van der Waals surface area contributed by atoms with Crippen molar-refractivity contribution in [2.45, 2.75) is 45.7 Å². The Morgan fingerprint density at radius 2 is 1.86 bits per heavy atom. The van der Waals surface area contributed by atoms with Crippen LogP contribution in [0, 0.1) is 11.3 Å². The molecule has 0 aromatic heterocycles. The maximum atomic E-state index is 5.65. The molecule has 0 aliphatic carbocycles. The van der Waals surface area contributed by atoms with Crippen molar-refractivity contribution in [1.29, 1.82) is 0 Å². The first-order valence-corrected chi connectivity index (χ1v) is 11.0. The van der Waals surface area contributed by atoms with Crippen LogP contribution in [0.1, 0.15) is 43.7 Å². The summed E-state index contributed by atoms with van der Waals surface area (Å²) in [6.45, 7) is 10.7. The Bertz CT molecular complexity index is 664. The summed E-state index contributed by atoms with van der Waals surface area (Å²) in [4.78, 5) is 9.52. The third kappa shape index (κ3) is 5.85. The second-order valence-electron chi connectivity index (χ2n) is 9.15. The van der Waals surface area contributed by atoms with Gasteiger partial charge in [-0.15, -0.1) is 24.0 Å². The molecule has 1 N–H and O–H groups in total. The molecule has 1 spiro atoms. The van der Waals surface area contributed by atoms with Gasteiger partial charge in [-0.05, 0) is 55.8 Å². The monoisotopic (exact) mass is 512 g/mol. The third-order valence-electron chi connectivity index (χ3n) is 6.89. The van der Waals surface area contributed by atoms with Crippen molar-refractivity contribution >= 4 is 29.9 Å². The average Bonchev–Trinajstić information content (AvgIpc) is 3.35. The van der Waals surface area contributed by atoms with E-state index in [0.717, 1.165) is 51.3 Å². The predicted octanol–water partition coefficient (Wildman–Crippen LogP) is 3.72. The first-order chi connectivity index (χ1) is 13.7. The number of rotatable bonds is 4. The lowest BCUT2D eigenvalue weighted by Crippen LogP contribution is -2.41. The van der Waals surface area contributed by atoms with Crippen LogP contribution in [0.15, 0.2) is 29.3 Å². The summed E-state index contributed by atoms with van der Waals surface area (Å²) in [5, 5.41) is 3.56. The molecule has 1 aromatic rings. The smallest absolute Gasteiger partial charge is 0.193 e. The zero-order chi connectivity index (χ0) is 19.4. The van der Waals surface area contributed by atoms with E-state index in [-0.39, 0.29) is 24.0 Å². The van der Waals surface area contributed by atoms with E-state index in [0.29, 0.717) is 5.41 Å². The van der Waals surface area contributed by atoms with Crippen LogP contribution in [-0.2, 0) is 17.8 Å². The molecule has 3 heterocycles. The number of hydrogen-bond acceptors (Lipinski definition) is 3. The van der Waals surface area contributed by atoms with E-state index < -0.39 is 0 Å². The lowest BCUT2D eigenvalue weighted by atomic mass is 9.87. The Hall–Kier alpha value is -0.860. The molecule has 3 aliphatic heterocycles. The second kappa shape index (κ2) is 10.4. The molecule has 0 saturated carbocycles. The Morgan fingerprint density at radius 3 is 2.52 bits per heavy atom. The molecule has 162 valence electrons. The van der Waals surface area contributed by atoms with Crippen molar-refractivity contribution in [3.63, 3.8) is 0 Å². The molecule has 1 atom stereocenters. The number of hydrogen-bond donors (Lipinski definition) is 1. The van der Waals surface area contributed by atoms with Crippen LogP contribution < -0.4 is 5.32 Å². The van der Waals surface area contributed by atoms with Gasteiger partial charge < -0.3 is 15.0 Å². The number of aliphatic imine (C=N–C) groups is 1. The molecule has 3 fully saturated rings. The van der Waals surface area contributed by atoms with Crippen LogP contribution in [0.5, 0.6) is 0 Å². The lowest BCUT2D eigenvalue weighted by Gasteiger charge is -2.30. The van der Waals surface area contributed by atoms with Crippen molar-refractivity contribution in [3.8, 4) is 0 Å². The number of likely N-dealkylation sites (tertiary alicyclic amines) is 2. The Labute approximate surface area is 193 Å². The van der Waals surface area contributed by atoms with Gasteiger partial charge in [-0.1, -0.05) is 31.2 Å². The zero-order valence-corrected chi connectivity index (χ0v) is 20.4. The molecule has 3 aliphatic rings. The van der Waals surface area contributed by atoms with Crippen LogP contribution >= 0.6 is 24.0 Å². The first-order valence-electron chi connectivity index (χ1n) is 11.0. The van der Waals surface area contributed by atoms with Gasteiger partial charge in [0.15, 0.2) is 5.96 Å². The van der Waals surface area contributed by atoms with Crippen molar-refractivity contribution in [2.75, 3.05) is 46.4 Å². The van der Waals surface area contributed by atoms with Crippen molar-refractivity contribution in [3.05, 3.63) is 35.4 Å². The fourth-order valence-electron chi connectivity index (χ4n) is 4.84. The van der Waals surface area contributed by atoms with Crippen LogP contribution in [0.3, 0.4) is 0 Å². The second-order valence-corrected chi connectivity index (χ2v) is 9.15. The van der Waals surface area contributed by atoms with Gasteiger partial charge in [0.1, 0.15) is 0 Å². The molecule has 3 saturated heterocycles. The molecule has 0 bridgehead atoms. The predicted molar refractivity (Wildman–Crippen MR) is 130 cm³/mol. The summed E-state index contributed by atoms with van der Waals surface area (Å²) in [6, 6.07) is 9.11. The maximum absolute atomic E-state index is 5.65. The number of piperidine rings is 1. The largest absolute Gasteiger partial charge is 0.381 e. The lowest BCUT2D eigenvalue weighted by molar-refractivity contribution is 0.156. The maximum Gasteiger partial charge on any atom is 0.193 e. The molecular formula is C23H37IN4O. The van der Waals surface area contributed by atoms with Crippen LogP contribution in [0.2, 0.25) is 0 Å². The quantitative estimate of drug-likeness (QED) is 0.380. The molecule has 6 heteroatoms. The van der Waals surface area contributed by atoms with Gasteiger partial charge in [0.2, 0.25) is 0 Å². The van der Waals surface area contributed by atoms with Crippen molar-refractivity contribution in [1.82, 2.24) is 15.1 Å². The molecule has 1 unspecified atom stereocenters. The fourth-order valence-corrected chi connectivity index (χ4v) is 4.84. The van der Waals surface area contributed by atoms with Crippen LogP contribution in [0.4, 0.5) is 0 Å². The van der Waals surface area contributed by atoms with Gasteiger partial charge in [-0.25, -0.2) is 0 Å². The highest BCUT2D eigenvalue weighted by atomic mass is 127. The number of guanidine groups is 1. The summed E-state index contributed by atoms with van der Waals surface area (Å²) < 4.78 is 5.65. The first kappa shape index (κ1) is 22.8.